The van der Waals surface area contributed by atoms with E-state index in [2.05, 4.69) is 35.5 Å². The fraction of sp³-hybridized carbons (Fsp3) is 0.138. The molecule has 0 atom stereocenters. The first-order valence-corrected chi connectivity index (χ1v) is 12.5. The second-order valence-electron chi connectivity index (χ2n) is 9.55. The van der Waals surface area contributed by atoms with Crippen molar-refractivity contribution in [2.75, 3.05) is 5.32 Å². The van der Waals surface area contributed by atoms with Crippen LogP contribution in [0.1, 0.15) is 19.3 Å². The van der Waals surface area contributed by atoms with E-state index < -0.39 is 0 Å². The first-order valence-electron chi connectivity index (χ1n) is 12.5. The maximum absolute atomic E-state index is 14.6. The number of amides is 1. The third-order valence-corrected chi connectivity index (χ3v) is 7.18. The number of aromatic amines is 2. The molecule has 5 heterocycles. The molecule has 5 aromatic heterocycles. The van der Waals surface area contributed by atoms with Gasteiger partial charge in [0, 0.05) is 40.2 Å². The second kappa shape index (κ2) is 8.88. The highest BCUT2D eigenvalue weighted by Gasteiger charge is 2.25. The molecule has 6 aromatic rings. The zero-order valence-electron chi connectivity index (χ0n) is 20.2. The fourth-order valence-corrected chi connectivity index (χ4v) is 4.91. The number of hydrogen-bond donors (Lipinski definition) is 3. The van der Waals surface area contributed by atoms with Crippen molar-refractivity contribution in [3.63, 3.8) is 0 Å². The largest absolute Gasteiger partial charge is 0.338 e. The minimum absolute atomic E-state index is 0.0397. The van der Waals surface area contributed by atoms with E-state index in [1.54, 1.807) is 36.9 Å². The van der Waals surface area contributed by atoms with E-state index in [-0.39, 0.29) is 17.6 Å². The van der Waals surface area contributed by atoms with E-state index >= 15 is 0 Å². The predicted octanol–water partition coefficient (Wildman–Crippen LogP) is 6.11. The molecule has 1 fully saturated rings. The number of hydrogen-bond acceptors (Lipinski definition) is 5. The first kappa shape index (κ1) is 22.3. The smallest absolute Gasteiger partial charge is 0.227 e. The van der Waals surface area contributed by atoms with E-state index in [1.165, 1.54) is 6.07 Å². The van der Waals surface area contributed by atoms with Crippen LogP contribution in [-0.2, 0) is 4.79 Å². The number of pyridine rings is 3. The van der Waals surface area contributed by atoms with Crippen LogP contribution in [-0.4, -0.2) is 36.0 Å². The molecule has 0 radical (unpaired) electrons. The molecular formula is C29H22FN7O. The minimum atomic E-state index is -0.289. The number of nitrogens with zero attached hydrogens (tertiary/aromatic N) is 4. The minimum Gasteiger partial charge on any atom is -0.338 e. The average molecular weight is 504 g/mol. The number of fused-ring (bicyclic) bond motifs is 2. The van der Waals surface area contributed by atoms with Gasteiger partial charge in [-0.3, -0.25) is 19.9 Å². The quantitative estimate of drug-likeness (QED) is 0.263. The number of aromatic nitrogens is 6. The Morgan fingerprint density at radius 2 is 1.87 bits per heavy atom. The summed E-state index contributed by atoms with van der Waals surface area (Å²) >= 11 is 0. The number of benzene rings is 1. The van der Waals surface area contributed by atoms with Crippen molar-refractivity contribution < 1.29 is 9.18 Å². The van der Waals surface area contributed by atoms with Gasteiger partial charge in [0.2, 0.25) is 5.91 Å². The van der Waals surface area contributed by atoms with Crippen LogP contribution >= 0.6 is 0 Å². The summed E-state index contributed by atoms with van der Waals surface area (Å²) in [5.74, 6) is -0.160. The van der Waals surface area contributed by atoms with Crippen molar-refractivity contribution in [1.29, 1.82) is 0 Å². The molecule has 1 aromatic carbocycles. The number of halogens is 1. The van der Waals surface area contributed by atoms with Crippen molar-refractivity contribution in [3.05, 3.63) is 79.1 Å². The highest BCUT2D eigenvalue weighted by atomic mass is 19.1. The zero-order chi connectivity index (χ0) is 25.6. The maximum Gasteiger partial charge on any atom is 0.227 e. The van der Waals surface area contributed by atoms with E-state index in [1.807, 2.05) is 30.3 Å². The molecule has 9 heteroatoms. The highest BCUT2D eigenvalue weighted by molar-refractivity contribution is 6.00. The number of nitrogens with one attached hydrogen (secondary N) is 3. The Kier molecular flexibility index (Phi) is 5.21. The molecule has 38 heavy (non-hydrogen) atoms. The Labute approximate surface area is 216 Å². The van der Waals surface area contributed by atoms with Gasteiger partial charge in [0.1, 0.15) is 17.2 Å². The van der Waals surface area contributed by atoms with Gasteiger partial charge < -0.3 is 10.3 Å². The standard InChI is InChI=1S/C29H22FN7O/c30-23-7-2-1-6-20(23)19-8-9-32-28-21(19)11-25(35-28)27-22-12-24(33-15-26(22)36-37-27)17-10-18(14-31-13-17)34-29(38)16-4-3-5-16/h1-2,6-16H,3-5H2,(H,32,35)(H,34,38)(H,36,37). The summed E-state index contributed by atoms with van der Waals surface area (Å²) in [6.45, 7) is 0. The van der Waals surface area contributed by atoms with Gasteiger partial charge >= 0.3 is 0 Å². The molecule has 0 bridgehead atoms. The van der Waals surface area contributed by atoms with Gasteiger partial charge in [0.05, 0.1) is 35.0 Å². The summed E-state index contributed by atoms with van der Waals surface area (Å²) in [4.78, 5) is 29.1. The van der Waals surface area contributed by atoms with Crippen molar-refractivity contribution >= 4 is 33.5 Å². The number of carbonyl (C=O) groups excluding carboxylic acids is 1. The van der Waals surface area contributed by atoms with E-state index in [0.29, 0.717) is 28.3 Å². The van der Waals surface area contributed by atoms with Crippen molar-refractivity contribution in [3.8, 4) is 33.8 Å². The second-order valence-corrected chi connectivity index (χ2v) is 9.55. The van der Waals surface area contributed by atoms with Gasteiger partial charge in [-0.05, 0) is 48.7 Å². The van der Waals surface area contributed by atoms with Crippen LogP contribution in [0.15, 0.2) is 73.3 Å². The zero-order valence-corrected chi connectivity index (χ0v) is 20.2. The third-order valence-electron chi connectivity index (χ3n) is 7.18. The molecule has 7 rings (SSSR count). The molecule has 1 aliphatic rings. The maximum atomic E-state index is 14.6. The number of H-pyrrole nitrogens is 2. The van der Waals surface area contributed by atoms with E-state index in [0.717, 1.165) is 52.4 Å². The highest BCUT2D eigenvalue weighted by Crippen LogP contribution is 2.35. The monoisotopic (exact) mass is 503 g/mol. The van der Waals surface area contributed by atoms with Crippen LogP contribution in [0.2, 0.25) is 0 Å². The lowest BCUT2D eigenvalue weighted by atomic mass is 9.85. The molecule has 8 nitrogen and oxygen atoms in total. The van der Waals surface area contributed by atoms with Crippen LogP contribution in [0, 0.1) is 11.7 Å². The average Bonchev–Trinajstić information content (AvgIpc) is 3.52. The van der Waals surface area contributed by atoms with Crippen molar-refractivity contribution in [1.82, 2.24) is 30.1 Å². The SMILES string of the molecule is O=C(Nc1cncc(-c2cc3c(-c4cc5c(-c6ccccc6F)ccnc5[nH]4)n[nH]c3cn2)c1)C1CCC1. The van der Waals surface area contributed by atoms with Crippen LogP contribution < -0.4 is 5.32 Å². The summed E-state index contributed by atoms with van der Waals surface area (Å²) in [6, 6.07) is 14.3. The van der Waals surface area contributed by atoms with Gasteiger partial charge in [0.25, 0.3) is 0 Å². The van der Waals surface area contributed by atoms with Crippen LogP contribution in [0.4, 0.5) is 10.1 Å². The summed E-state index contributed by atoms with van der Waals surface area (Å²) in [7, 11) is 0. The summed E-state index contributed by atoms with van der Waals surface area (Å²) in [5.41, 5.74) is 6.26. The Morgan fingerprint density at radius 1 is 0.974 bits per heavy atom. The Morgan fingerprint density at radius 3 is 2.71 bits per heavy atom. The molecule has 1 aliphatic carbocycles. The molecule has 0 aliphatic heterocycles. The summed E-state index contributed by atoms with van der Waals surface area (Å²) in [5, 5.41) is 12.2. The normalized spacial score (nSPS) is 13.6. The number of carbonyl (C=O) groups is 1. The lowest BCUT2D eigenvalue weighted by molar-refractivity contribution is -0.122. The lowest BCUT2D eigenvalue weighted by Crippen LogP contribution is -2.28. The van der Waals surface area contributed by atoms with Gasteiger partial charge in [-0.25, -0.2) is 9.37 Å². The Bertz CT molecular complexity index is 1840. The van der Waals surface area contributed by atoms with Gasteiger partial charge in [0.15, 0.2) is 0 Å². The van der Waals surface area contributed by atoms with Crippen LogP contribution in [0.25, 0.3) is 55.7 Å². The molecule has 1 saturated carbocycles. The molecule has 3 N–H and O–H groups in total. The van der Waals surface area contributed by atoms with Gasteiger partial charge in [-0.15, -0.1) is 0 Å². The summed E-state index contributed by atoms with van der Waals surface area (Å²) in [6.07, 6.45) is 9.74. The third kappa shape index (κ3) is 3.80. The van der Waals surface area contributed by atoms with Crippen molar-refractivity contribution in [2.45, 2.75) is 19.3 Å². The number of anilines is 1. The molecule has 0 saturated heterocycles. The molecule has 1 amide bonds. The first-order chi connectivity index (χ1) is 18.6. The molecular weight excluding hydrogens is 481 g/mol. The Balaban J connectivity index is 1.27. The number of rotatable bonds is 5. The van der Waals surface area contributed by atoms with Crippen LogP contribution in [0.5, 0.6) is 0 Å². The molecule has 0 unspecified atom stereocenters. The van der Waals surface area contributed by atoms with Gasteiger partial charge in [-0.1, -0.05) is 24.6 Å². The topological polar surface area (TPSA) is 112 Å². The molecule has 0 spiro atoms. The van der Waals surface area contributed by atoms with E-state index in [9.17, 15) is 9.18 Å². The molecule has 186 valence electrons. The lowest BCUT2D eigenvalue weighted by Gasteiger charge is -2.24. The summed E-state index contributed by atoms with van der Waals surface area (Å²) < 4.78 is 14.6. The van der Waals surface area contributed by atoms with Crippen LogP contribution in [0.3, 0.4) is 0 Å². The van der Waals surface area contributed by atoms with Gasteiger partial charge in [-0.2, -0.15) is 5.10 Å². The predicted molar refractivity (Wildman–Crippen MR) is 144 cm³/mol. The fourth-order valence-electron chi connectivity index (χ4n) is 4.91. The van der Waals surface area contributed by atoms with Crippen molar-refractivity contribution in [2.24, 2.45) is 5.92 Å². The Hall–Kier alpha value is -4.92. The van der Waals surface area contributed by atoms with E-state index in [4.69, 9.17) is 0 Å².